The van der Waals surface area contributed by atoms with Gasteiger partial charge in [-0.15, -0.1) is 5.10 Å². The number of nitrogens with one attached hydrogen (secondary N) is 1. The standard InChI is InChI=1S/C11H15N5S/c1-3-9(12)10-5-4-8(6-13-10)17-11-14-7(2)15-16-11/h4-6,9H,3,12H2,1-2H3,(H,14,15,16)/t9-/m1/s1. The predicted octanol–water partition coefficient (Wildman–Crippen LogP) is 2.07. The second-order valence-electron chi connectivity index (χ2n) is 3.74. The molecule has 0 aliphatic heterocycles. The van der Waals surface area contributed by atoms with Gasteiger partial charge in [0.25, 0.3) is 0 Å². The fourth-order valence-electron chi connectivity index (χ4n) is 1.35. The van der Waals surface area contributed by atoms with Gasteiger partial charge in [-0.25, -0.2) is 4.98 Å². The fourth-order valence-corrected chi connectivity index (χ4v) is 2.08. The molecule has 3 N–H and O–H groups in total. The molecule has 5 nitrogen and oxygen atoms in total. The van der Waals surface area contributed by atoms with Gasteiger partial charge in [0.05, 0.1) is 5.69 Å². The van der Waals surface area contributed by atoms with Crippen LogP contribution in [0.2, 0.25) is 0 Å². The van der Waals surface area contributed by atoms with Gasteiger partial charge in [-0.1, -0.05) is 6.92 Å². The van der Waals surface area contributed by atoms with Gasteiger partial charge in [0.15, 0.2) is 0 Å². The molecular weight excluding hydrogens is 234 g/mol. The van der Waals surface area contributed by atoms with Crippen LogP contribution in [0.1, 0.15) is 30.9 Å². The molecule has 0 aliphatic rings. The van der Waals surface area contributed by atoms with Crippen molar-refractivity contribution < 1.29 is 0 Å². The van der Waals surface area contributed by atoms with Gasteiger partial charge in [0.1, 0.15) is 5.82 Å². The quantitative estimate of drug-likeness (QED) is 0.867. The van der Waals surface area contributed by atoms with Gasteiger partial charge in [-0.05, 0) is 37.2 Å². The monoisotopic (exact) mass is 249 g/mol. The van der Waals surface area contributed by atoms with Crippen molar-refractivity contribution in [3.63, 3.8) is 0 Å². The van der Waals surface area contributed by atoms with Crippen molar-refractivity contribution in [1.82, 2.24) is 20.2 Å². The Kier molecular flexibility index (Phi) is 3.75. The topological polar surface area (TPSA) is 80.5 Å². The molecular formula is C11H15N5S. The van der Waals surface area contributed by atoms with Crippen molar-refractivity contribution in [2.24, 2.45) is 5.73 Å². The third-order valence-corrected chi connectivity index (χ3v) is 3.21. The van der Waals surface area contributed by atoms with E-state index in [1.807, 2.05) is 26.0 Å². The van der Waals surface area contributed by atoms with E-state index in [2.05, 4.69) is 20.2 Å². The summed E-state index contributed by atoms with van der Waals surface area (Å²) in [5.41, 5.74) is 6.82. The largest absolute Gasteiger partial charge is 0.323 e. The zero-order chi connectivity index (χ0) is 12.3. The van der Waals surface area contributed by atoms with E-state index in [0.29, 0.717) is 5.16 Å². The Morgan fingerprint density at radius 3 is 2.82 bits per heavy atom. The third-order valence-electron chi connectivity index (χ3n) is 2.36. The Balaban J connectivity index is 2.08. The molecule has 0 spiro atoms. The number of nitrogens with zero attached hydrogens (tertiary/aromatic N) is 3. The number of nitrogens with two attached hydrogens (primary N) is 1. The summed E-state index contributed by atoms with van der Waals surface area (Å²) in [4.78, 5) is 9.57. The van der Waals surface area contributed by atoms with E-state index in [-0.39, 0.29) is 6.04 Å². The number of aryl methyl sites for hydroxylation is 1. The molecule has 0 saturated carbocycles. The van der Waals surface area contributed by atoms with Crippen LogP contribution in [0.3, 0.4) is 0 Å². The van der Waals surface area contributed by atoms with Gasteiger partial charge >= 0.3 is 0 Å². The first-order valence-corrected chi connectivity index (χ1v) is 6.29. The Morgan fingerprint density at radius 1 is 1.47 bits per heavy atom. The first-order valence-electron chi connectivity index (χ1n) is 5.47. The van der Waals surface area contributed by atoms with Crippen LogP contribution >= 0.6 is 11.8 Å². The Morgan fingerprint density at radius 2 is 2.29 bits per heavy atom. The van der Waals surface area contributed by atoms with Crippen LogP contribution < -0.4 is 5.73 Å². The first-order chi connectivity index (χ1) is 8.19. The molecule has 2 rings (SSSR count). The summed E-state index contributed by atoms with van der Waals surface area (Å²) in [6.07, 6.45) is 2.70. The molecule has 6 heteroatoms. The first kappa shape index (κ1) is 12.1. The number of hydrogen-bond donors (Lipinski definition) is 2. The molecule has 2 heterocycles. The number of pyridine rings is 1. The molecule has 0 aromatic carbocycles. The maximum Gasteiger partial charge on any atom is 0.213 e. The zero-order valence-electron chi connectivity index (χ0n) is 9.84. The highest BCUT2D eigenvalue weighted by Crippen LogP contribution is 2.24. The van der Waals surface area contributed by atoms with E-state index in [1.165, 1.54) is 11.8 Å². The molecule has 0 unspecified atom stereocenters. The number of aromatic amines is 1. The average molecular weight is 249 g/mol. The average Bonchev–Trinajstić information content (AvgIpc) is 2.75. The lowest BCUT2D eigenvalue weighted by atomic mass is 10.1. The molecule has 2 aromatic heterocycles. The van der Waals surface area contributed by atoms with Crippen LogP contribution in [-0.2, 0) is 0 Å². The van der Waals surface area contributed by atoms with Crippen molar-refractivity contribution in [1.29, 1.82) is 0 Å². The Bertz CT molecular complexity index is 479. The zero-order valence-corrected chi connectivity index (χ0v) is 10.7. The maximum atomic E-state index is 5.90. The highest BCUT2D eigenvalue weighted by atomic mass is 32.2. The number of rotatable bonds is 4. The minimum Gasteiger partial charge on any atom is -0.323 e. The molecule has 0 radical (unpaired) electrons. The lowest BCUT2D eigenvalue weighted by Gasteiger charge is -2.07. The molecule has 0 bridgehead atoms. The molecule has 1 atom stereocenters. The van der Waals surface area contributed by atoms with E-state index in [1.54, 1.807) is 6.20 Å². The van der Waals surface area contributed by atoms with Crippen LogP contribution in [0, 0.1) is 6.92 Å². The third kappa shape index (κ3) is 3.04. The van der Waals surface area contributed by atoms with Crippen molar-refractivity contribution >= 4 is 11.8 Å². The number of aromatic nitrogens is 4. The Hall–Kier alpha value is -1.40. The van der Waals surface area contributed by atoms with Gasteiger partial charge in [0.2, 0.25) is 5.16 Å². The molecule has 17 heavy (non-hydrogen) atoms. The van der Waals surface area contributed by atoms with E-state index in [9.17, 15) is 0 Å². The highest BCUT2D eigenvalue weighted by Gasteiger charge is 2.06. The summed E-state index contributed by atoms with van der Waals surface area (Å²) in [6, 6.07) is 3.96. The molecule has 0 aliphatic carbocycles. The second-order valence-corrected chi connectivity index (χ2v) is 4.78. The minimum absolute atomic E-state index is 0.0137. The van der Waals surface area contributed by atoms with Gasteiger partial charge in [-0.3, -0.25) is 10.1 Å². The van der Waals surface area contributed by atoms with Crippen LogP contribution in [0.5, 0.6) is 0 Å². The summed E-state index contributed by atoms with van der Waals surface area (Å²) in [6.45, 7) is 3.92. The van der Waals surface area contributed by atoms with Crippen molar-refractivity contribution in [2.75, 3.05) is 0 Å². The summed E-state index contributed by atoms with van der Waals surface area (Å²) in [7, 11) is 0. The summed E-state index contributed by atoms with van der Waals surface area (Å²) in [5, 5.41) is 7.57. The van der Waals surface area contributed by atoms with Crippen molar-refractivity contribution in [2.45, 2.75) is 36.4 Å². The maximum absolute atomic E-state index is 5.90. The SMILES string of the molecule is CC[C@@H](N)c1ccc(Sc2n[nH]c(C)n2)cn1. The number of hydrogen-bond acceptors (Lipinski definition) is 5. The van der Waals surface area contributed by atoms with Crippen molar-refractivity contribution in [3.8, 4) is 0 Å². The van der Waals surface area contributed by atoms with Crippen LogP contribution in [-0.4, -0.2) is 20.2 Å². The van der Waals surface area contributed by atoms with Gasteiger partial charge in [0, 0.05) is 17.1 Å². The summed E-state index contributed by atoms with van der Waals surface area (Å²) in [5.74, 6) is 0.810. The lowest BCUT2D eigenvalue weighted by Crippen LogP contribution is -2.10. The summed E-state index contributed by atoms with van der Waals surface area (Å²) >= 11 is 1.48. The second kappa shape index (κ2) is 5.29. The molecule has 0 saturated heterocycles. The van der Waals surface area contributed by atoms with E-state index < -0.39 is 0 Å². The molecule has 2 aromatic rings. The van der Waals surface area contributed by atoms with E-state index in [4.69, 9.17) is 5.73 Å². The molecule has 90 valence electrons. The lowest BCUT2D eigenvalue weighted by molar-refractivity contribution is 0.674. The van der Waals surface area contributed by atoms with Crippen molar-refractivity contribution in [3.05, 3.63) is 29.8 Å². The van der Waals surface area contributed by atoms with Crippen LogP contribution in [0.4, 0.5) is 0 Å². The molecule has 0 amide bonds. The van der Waals surface area contributed by atoms with E-state index >= 15 is 0 Å². The van der Waals surface area contributed by atoms with Gasteiger partial charge < -0.3 is 5.73 Å². The Labute approximate surface area is 104 Å². The predicted molar refractivity (Wildman–Crippen MR) is 66.7 cm³/mol. The molecule has 0 fully saturated rings. The normalized spacial score (nSPS) is 12.6. The highest BCUT2D eigenvalue weighted by molar-refractivity contribution is 7.99. The van der Waals surface area contributed by atoms with Crippen LogP contribution in [0.25, 0.3) is 0 Å². The smallest absolute Gasteiger partial charge is 0.213 e. The number of H-pyrrole nitrogens is 1. The summed E-state index contributed by atoms with van der Waals surface area (Å²) < 4.78 is 0. The van der Waals surface area contributed by atoms with Gasteiger partial charge in [-0.2, -0.15) is 0 Å². The van der Waals surface area contributed by atoms with Crippen LogP contribution in [0.15, 0.2) is 28.4 Å². The van der Waals surface area contributed by atoms with E-state index in [0.717, 1.165) is 22.8 Å². The minimum atomic E-state index is 0.0137. The fraction of sp³-hybridized carbons (Fsp3) is 0.364.